The average molecular weight is 278 g/mol. The Kier molecular flexibility index (Phi) is 4.55. The van der Waals surface area contributed by atoms with Crippen LogP contribution in [0.5, 0.6) is 0 Å². The van der Waals surface area contributed by atoms with Gasteiger partial charge in [0.15, 0.2) is 0 Å². The van der Waals surface area contributed by atoms with E-state index < -0.39 is 0 Å². The lowest BCUT2D eigenvalue weighted by molar-refractivity contribution is -0.0705. The number of thiocarbonyl (C=S) groups is 1. The third-order valence-corrected chi connectivity index (χ3v) is 3.75. The van der Waals surface area contributed by atoms with Crippen molar-refractivity contribution in [2.45, 2.75) is 39.5 Å². The van der Waals surface area contributed by atoms with E-state index in [-0.39, 0.29) is 0 Å². The standard InChI is InChI=1S/C15H22N2OS/c1-10-6-13(15(16)19)4-5-14(10)9-17-7-11(2)18-12(3)8-17/h4-6,11-12H,7-9H2,1-3H3,(H2,16,19). The molecule has 3 nitrogen and oxygen atoms in total. The van der Waals surface area contributed by atoms with Crippen LogP contribution in [0.25, 0.3) is 0 Å². The Balaban J connectivity index is 2.08. The summed E-state index contributed by atoms with van der Waals surface area (Å²) < 4.78 is 5.76. The van der Waals surface area contributed by atoms with E-state index in [2.05, 4.69) is 37.8 Å². The van der Waals surface area contributed by atoms with Gasteiger partial charge < -0.3 is 10.5 Å². The summed E-state index contributed by atoms with van der Waals surface area (Å²) in [6.07, 6.45) is 0.611. The van der Waals surface area contributed by atoms with E-state index in [1.165, 1.54) is 11.1 Å². The smallest absolute Gasteiger partial charge is 0.103 e. The van der Waals surface area contributed by atoms with Crippen LogP contribution in [0, 0.1) is 6.92 Å². The van der Waals surface area contributed by atoms with Gasteiger partial charge in [0.25, 0.3) is 0 Å². The number of hydrogen-bond donors (Lipinski definition) is 1. The highest BCUT2D eigenvalue weighted by Gasteiger charge is 2.22. The fourth-order valence-corrected chi connectivity index (χ4v) is 2.81. The van der Waals surface area contributed by atoms with E-state index in [0.29, 0.717) is 17.2 Å². The fraction of sp³-hybridized carbons (Fsp3) is 0.533. The van der Waals surface area contributed by atoms with Crippen LogP contribution in [0.4, 0.5) is 0 Å². The second-order valence-corrected chi connectivity index (χ2v) is 5.90. The maximum absolute atomic E-state index is 5.76. The molecule has 0 amide bonds. The zero-order valence-electron chi connectivity index (χ0n) is 11.8. The summed E-state index contributed by atoms with van der Waals surface area (Å²) in [7, 11) is 0. The zero-order chi connectivity index (χ0) is 14.0. The minimum absolute atomic E-state index is 0.306. The van der Waals surface area contributed by atoms with E-state index in [9.17, 15) is 0 Å². The average Bonchev–Trinajstić information content (AvgIpc) is 2.30. The first-order valence-corrected chi connectivity index (χ1v) is 7.13. The predicted octanol–water partition coefficient (Wildman–Crippen LogP) is 2.24. The van der Waals surface area contributed by atoms with Gasteiger partial charge in [-0.3, -0.25) is 4.90 Å². The minimum atomic E-state index is 0.306. The first-order valence-electron chi connectivity index (χ1n) is 6.73. The second kappa shape index (κ2) is 5.99. The number of nitrogens with zero attached hydrogens (tertiary/aromatic N) is 1. The van der Waals surface area contributed by atoms with Gasteiger partial charge in [0.2, 0.25) is 0 Å². The van der Waals surface area contributed by atoms with Gasteiger partial charge >= 0.3 is 0 Å². The summed E-state index contributed by atoms with van der Waals surface area (Å²) in [5.74, 6) is 0. The molecule has 1 fully saturated rings. The number of ether oxygens (including phenoxy) is 1. The van der Waals surface area contributed by atoms with Gasteiger partial charge in [0, 0.05) is 25.2 Å². The van der Waals surface area contributed by atoms with Crippen LogP contribution >= 0.6 is 12.2 Å². The van der Waals surface area contributed by atoms with E-state index in [4.69, 9.17) is 22.7 Å². The normalized spacial score (nSPS) is 24.4. The van der Waals surface area contributed by atoms with Crippen LogP contribution in [-0.4, -0.2) is 35.2 Å². The van der Waals surface area contributed by atoms with E-state index >= 15 is 0 Å². The van der Waals surface area contributed by atoms with Crippen molar-refractivity contribution >= 4 is 17.2 Å². The molecule has 1 aromatic carbocycles. The summed E-state index contributed by atoms with van der Waals surface area (Å²) in [5.41, 5.74) is 9.18. The summed E-state index contributed by atoms with van der Waals surface area (Å²) in [6, 6.07) is 6.22. The number of morpholine rings is 1. The molecule has 2 atom stereocenters. The Morgan fingerprint density at radius 1 is 1.37 bits per heavy atom. The van der Waals surface area contributed by atoms with Crippen molar-refractivity contribution < 1.29 is 4.74 Å². The van der Waals surface area contributed by atoms with Gasteiger partial charge in [0.1, 0.15) is 4.99 Å². The van der Waals surface area contributed by atoms with Crippen LogP contribution in [0.1, 0.15) is 30.5 Å². The molecule has 104 valence electrons. The number of hydrogen-bond acceptors (Lipinski definition) is 3. The summed E-state index contributed by atoms with van der Waals surface area (Å²) in [6.45, 7) is 9.31. The highest BCUT2D eigenvalue weighted by atomic mass is 32.1. The Bertz CT molecular complexity index is 465. The van der Waals surface area contributed by atoms with Gasteiger partial charge in [-0.25, -0.2) is 0 Å². The molecule has 0 saturated carbocycles. The van der Waals surface area contributed by atoms with Gasteiger partial charge in [-0.2, -0.15) is 0 Å². The summed E-state index contributed by atoms with van der Waals surface area (Å²) in [5, 5.41) is 0. The van der Waals surface area contributed by atoms with Crippen molar-refractivity contribution in [3.63, 3.8) is 0 Å². The van der Waals surface area contributed by atoms with Crippen LogP contribution in [0.3, 0.4) is 0 Å². The van der Waals surface area contributed by atoms with Crippen molar-refractivity contribution in [3.05, 3.63) is 34.9 Å². The third kappa shape index (κ3) is 3.75. The molecule has 1 saturated heterocycles. The van der Waals surface area contributed by atoms with E-state index in [1.807, 2.05) is 6.07 Å². The second-order valence-electron chi connectivity index (χ2n) is 5.46. The molecule has 0 radical (unpaired) electrons. The molecule has 0 spiro atoms. The van der Waals surface area contributed by atoms with Gasteiger partial charge in [0.05, 0.1) is 12.2 Å². The number of nitrogens with two attached hydrogens (primary N) is 1. The molecular formula is C15H22N2OS. The van der Waals surface area contributed by atoms with Crippen molar-refractivity contribution in [1.29, 1.82) is 0 Å². The maximum Gasteiger partial charge on any atom is 0.103 e. The van der Waals surface area contributed by atoms with Crippen molar-refractivity contribution in [2.75, 3.05) is 13.1 Å². The van der Waals surface area contributed by atoms with E-state index in [1.54, 1.807) is 0 Å². The Hall–Kier alpha value is -0.970. The lowest BCUT2D eigenvalue weighted by atomic mass is 10.0. The zero-order valence-corrected chi connectivity index (χ0v) is 12.7. The molecule has 4 heteroatoms. The third-order valence-electron chi connectivity index (χ3n) is 3.52. The molecule has 2 rings (SSSR count). The molecule has 1 aliphatic heterocycles. The maximum atomic E-state index is 5.76. The lowest BCUT2D eigenvalue weighted by Gasteiger charge is -2.35. The monoisotopic (exact) mass is 278 g/mol. The molecule has 19 heavy (non-hydrogen) atoms. The molecule has 0 bridgehead atoms. The fourth-order valence-electron chi connectivity index (χ4n) is 2.68. The van der Waals surface area contributed by atoms with Crippen LogP contribution in [0.2, 0.25) is 0 Å². The van der Waals surface area contributed by atoms with Crippen molar-refractivity contribution in [1.82, 2.24) is 4.90 Å². The molecule has 0 aliphatic carbocycles. The largest absolute Gasteiger partial charge is 0.389 e. The first kappa shape index (κ1) is 14.4. The minimum Gasteiger partial charge on any atom is -0.389 e. The number of rotatable bonds is 3. The molecule has 2 N–H and O–H groups in total. The first-order chi connectivity index (χ1) is 8.95. The predicted molar refractivity (Wildman–Crippen MR) is 82.4 cm³/mol. The molecule has 0 aromatic heterocycles. The highest BCUT2D eigenvalue weighted by molar-refractivity contribution is 7.80. The quantitative estimate of drug-likeness (QED) is 0.861. The topological polar surface area (TPSA) is 38.5 Å². The van der Waals surface area contributed by atoms with Gasteiger partial charge in [-0.15, -0.1) is 0 Å². The van der Waals surface area contributed by atoms with Crippen molar-refractivity contribution in [3.8, 4) is 0 Å². The Morgan fingerprint density at radius 3 is 2.53 bits per heavy atom. The molecular weight excluding hydrogens is 256 g/mol. The summed E-state index contributed by atoms with van der Waals surface area (Å²) in [4.78, 5) is 2.91. The van der Waals surface area contributed by atoms with Crippen molar-refractivity contribution in [2.24, 2.45) is 5.73 Å². The number of aryl methyl sites for hydroxylation is 1. The SMILES string of the molecule is Cc1cc(C(N)=S)ccc1CN1CC(C)OC(C)C1. The lowest BCUT2D eigenvalue weighted by Crippen LogP contribution is -2.44. The number of benzene rings is 1. The Morgan fingerprint density at radius 2 is 2.00 bits per heavy atom. The van der Waals surface area contributed by atoms with Crippen LogP contribution in [0.15, 0.2) is 18.2 Å². The Labute approximate surface area is 120 Å². The summed E-state index contributed by atoms with van der Waals surface area (Å²) >= 11 is 5.01. The molecule has 1 aliphatic rings. The highest BCUT2D eigenvalue weighted by Crippen LogP contribution is 2.17. The van der Waals surface area contributed by atoms with Gasteiger partial charge in [-0.05, 0) is 38.0 Å². The molecule has 2 unspecified atom stereocenters. The van der Waals surface area contributed by atoms with Crippen LogP contribution < -0.4 is 5.73 Å². The van der Waals surface area contributed by atoms with Gasteiger partial charge in [-0.1, -0.05) is 24.4 Å². The van der Waals surface area contributed by atoms with Crippen LogP contribution in [-0.2, 0) is 11.3 Å². The molecule has 1 aromatic rings. The molecule has 1 heterocycles. The van der Waals surface area contributed by atoms with E-state index in [0.717, 1.165) is 25.2 Å².